The van der Waals surface area contributed by atoms with E-state index in [4.69, 9.17) is 15.9 Å². The molecule has 0 spiro atoms. The van der Waals surface area contributed by atoms with Gasteiger partial charge in [0.25, 0.3) is 0 Å². The quantitative estimate of drug-likeness (QED) is 0.0724. The number of nitrogens with zero attached hydrogens (tertiary/aromatic N) is 1. The van der Waals surface area contributed by atoms with Crippen LogP contribution in [0.5, 0.6) is 0 Å². The lowest BCUT2D eigenvalue weighted by molar-refractivity contribution is -0.130. The summed E-state index contributed by atoms with van der Waals surface area (Å²) in [5.74, 6) is -2.19. The number of rotatable bonds is 13. The first-order valence-corrected chi connectivity index (χ1v) is 13.3. The van der Waals surface area contributed by atoms with E-state index >= 15 is 0 Å². The fraction of sp³-hybridized carbons (Fsp3) is 0.310. The van der Waals surface area contributed by atoms with Gasteiger partial charge >= 0.3 is 5.63 Å². The number of carbonyl (C=O) groups excluding carboxylic acids is 4. The lowest BCUT2D eigenvalue weighted by atomic mass is 10.1. The summed E-state index contributed by atoms with van der Waals surface area (Å²) >= 11 is 0. The van der Waals surface area contributed by atoms with E-state index < -0.39 is 47.9 Å². The van der Waals surface area contributed by atoms with Crippen LogP contribution in [-0.2, 0) is 25.6 Å². The minimum Gasteiger partial charge on any atom is -0.423 e. The number of nitrogens with two attached hydrogens (primary N) is 2. The molecule has 0 bridgehead atoms. The van der Waals surface area contributed by atoms with E-state index in [0.717, 1.165) is 16.5 Å². The average Bonchev–Trinajstić information content (AvgIpc) is 2.92. The van der Waals surface area contributed by atoms with Gasteiger partial charge in [0.15, 0.2) is 5.96 Å². The van der Waals surface area contributed by atoms with Crippen molar-refractivity contribution < 1.29 is 23.6 Å². The van der Waals surface area contributed by atoms with Gasteiger partial charge < -0.3 is 37.2 Å². The zero-order valence-corrected chi connectivity index (χ0v) is 23.4. The third-order valence-corrected chi connectivity index (χ3v) is 6.22. The molecule has 13 nitrogen and oxygen atoms in total. The Kier molecular flexibility index (Phi) is 11.2. The number of nitrogens with one attached hydrogen (secondary N) is 4. The summed E-state index contributed by atoms with van der Waals surface area (Å²) in [4.78, 5) is 66.1. The summed E-state index contributed by atoms with van der Waals surface area (Å²) in [6.45, 7) is 2.88. The highest BCUT2D eigenvalue weighted by Gasteiger charge is 2.24. The second kappa shape index (κ2) is 15.0. The molecule has 0 saturated heterocycles. The number of guanidine groups is 1. The van der Waals surface area contributed by atoms with Gasteiger partial charge in [-0.3, -0.25) is 24.2 Å². The fourth-order valence-electron chi connectivity index (χ4n) is 4.24. The van der Waals surface area contributed by atoms with Crippen LogP contribution in [0, 0.1) is 6.92 Å². The standard InChI is InChI=1S/C29H35N7O6/c1-17-13-26(39)42-24-15-20(10-11-21(17)24)35-28(41)22(9-6-12-32-29(30)31)36-25(38)16-33-27(40)23(34-18(2)37)14-19-7-4-3-5-8-19/h3-5,7-8,10-11,13,15,22-23H,6,9,12,14,16H2,1-2H3,(H,33,40)(H,34,37)(H,35,41)(H,36,38)(H4,30,31,32)/t22-,23-/m0/s1. The molecule has 2 aromatic carbocycles. The maximum absolute atomic E-state index is 13.2. The van der Waals surface area contributed by atoms with E-state index in [-0.39, 0.29) is 25.3 Å². The smallest absolute Gasteiger partial charge is 0.336 e. The second-order valence-corrected chi connectivity index (χ2v) is 9.68. The predicted octanol–water partition coefficient (Wildman–Crippen LogP) is 0.442. The summed E-state index contributed by atoms with van der Waals surface area (Å²) in [6.07, 6.45) is 0.789. The molecule has 0 radical (unpaired) electrons. The molecule has 0 unspecified atom stereocenters. The van der Waals surface area contributed by atoms with Crippen LogP contribution >= 0.6 is 0 Å². The number of fused-ring (bicyclic) bond motifs is 1. The maximum Gasteiger partial charge on any atom is 0.336 e. The van der Waals surface area contributed by atoms with Crippen LogP contribution in [0.4, 0.5) is 5.69 Å². The van der Waals surface area contributed by atoms with Crippen molar-refractivity contribution in [2.45, 2.75) is 45.2 Å². The van der Waals surface area contributed by atoms with E-state index in [1.807, 2.05) is 30.3 Å². The summed E-state index contributed by atoms with van der Waals surface area (Å²) in [5.41, 5.74) is 12.5. The zero-order chi connectivity index (χ0) is 30.6. The van der Waals surface area contributed by atoms with Crippen molar-refractivity contribution in [3.05, 3.63) is 76.1 Å². The first-order valence-electron chi connectivity index (χ1n) is 13.3. The topological polar surface area (TPSA) is 211 Å². The van der Waals surface area contributed by atoms with E-state index in [1.54, 1.807) is 19.1 Å². The highest BCUT2D eigenvalue weighted by atomic mass is 16.4. The third-order valence-electron chi connectivity index (χ3n) is 6.22. The van der Waals surface area contributed by atoms with Gasteiger partial charge in [0.2, 0.25) is 23.6 Å². The molecule has 1 heterocycles. The molecule has 3 rings (SSSR count). The van der Waals surface area contributed by atoms with Crippen molar-refractivity contribution in [2.24, 2.45) is 16.5 Å². The van der Waals surface area contributed by atoms with Crippen molar-refractivity contribution >= 4 is 46.2 Å². The monoisotopic (exact) mass is 577 g/mol. The van der Waals surface area contributed by atoms with Gasteiger partial charge in [0, 0.05) is 43.1 Å². The van der Waals surface area contributed by atoms with Gasteiger partial charge in [-0.15, -0.1) is 0 Å². The molecule has 2 atom stereocenters. The number of hydrogen-bond acceptors (Lipinski definition) is 7. The Bertz CT molecular complexity index is 1520. The lowest BCUT2D eigenvalue weighted by Gasteiger charge is -2.20. The SMILES string of the molecule is CC(=O)N[C@@H](Cc1ccccc1)C(=O)NCC(=O)N[C@@H](CCCN=C(N)N)C(=O)Nc1ccc2c(C)cc(=O)oc2c1. The Morgan fingerprint density at radius 3 is 2.38 bits per heavy atom. The van der Waals surface area contributed by atoms with Crippen molar-refractivity contribution in [3.63, 3.8) is 0 Å². The number of amides is 4. The molecule has 222 valence electrons. The Morgan fingerprint density at radius 1 is 0.952 bits per heavy atom. The molecule has 3 aromatic rings. The largest absolute Gasteiger partial charge is 0.423 e. The normalized spacial score (nSPS) is 12.0. The molecule has 4 amide bonds. The van der Waals surface area contributed by atoms with Gasteiger partial charge in [-0.2, -0.15) is 0 Å². The van der Waals surface area contributed by atoms with Gasteiger partial charge in [-0.25, -0.2) is 4.79 Å². The van der Waals surface area contributed by atoms with E-state index in [9.17, 15) is 24.0 Å². The van der Waals surface area contributed by atoms with Crippen LogP contribution in [0.2, 0.25) is 0 Å². The average molecular weight is 578 g/mol. The molecule has 0 aliphatic carbocycles. The molecule has 8 N–H and O–H groups in total. The van der Waals surface area contributed by atoms with Crippen LogP contribution in [0.3, 0.4) is 0 Å². The molecule has 42 heavy (non-hydrogen) atoms. The third kappa shape index (κ3) is 9.77. The van der Waals surface area contributed by atoms with Gasteiger partial charge in [-0.1, -0.05) is 30.3 Å². The van der Waals surface area contributed by atoms with Crippen LogP contribution in [0.15, 0.2) is 68.8 Å². The molecule has 0 aliphatic heterocycles. The number of carbonyl (C=O) groups is 4. The zero-order valence-electron chi connectivity index (χ0n) is 23.4. The van der Waals surface area contributed by atoms with Gasteiger partial charge in [-0.05, 0) is 43.0 Å². The van der Waals surface area contributed by atoms with Gasteiger partial charge in [0.1, 0.15) is 17.7 Å². The van der Waals surface area contributed by atoms with Crippen LogP contribution < -0.4 is 38.4 Å². The molecule has 0 fully saturated rings. The Balaban J connectivity index is 1.66. The molecular formula is C29H35N7O6. The fourth-order valence-corrected chi connectivity index (χ4v) is 4.24. The van der Waals surface area contributed by atoms with E-state index in [0.29, 0.717) is 17.7 Å². The Labute approximate surface area is 242 Å². The highest BCUT2D eigenvalue weighted by Crippen LogP contribution is 2.21. The first kappa shape index (κ1) is 31.3. The Hall–Kier alpha value is -5.20. The number of aliphatic imine (C=N–C) groups is 1. The number of aryl methyl sites for hydroxylation is 1. The summed E-state index contributed by atoms with van der Waals surface area (Å²) in [6, 6.07) is 13.5. The van der Waals surface area contributed by atoms with Crippen molar-refractivity contribution in [2.75, 3.05) is 18.4 Å². The van der Waals surface area contributed by atoms with Crippen molar-refractivity contribution in [1.82, 2.24) is 16.0 Å². The van der Waals surface area contributed by atoms with Gasteiger partial charge in [0.05, 0.1) is 6.54 Å². The van der Waals surface area contributed by atoms with Crippen LogP contribution in [-0.4, -0.2) is 54.8 Å². The molecular weight excluding hydrogens is 542 g/mol. The molecule has 1 aromatic heterocycles. The molecule has 13 heteroatoms. The minimum absolute atomic E-state index is 0.0973. The predicted molar refractivity (Wildman–Crippen MR) is 158 cm³/mol. The van der Waals surface area contributed by atoms with Crippen LogP contribution in [0.1, 0.15) is 30.9 Å². The van der Waals surface area contributed by atoms with E-state index in [1.165, 1.54) is 19.1 Å². The highest BCUT2D eigenvalue weighted by molar-refractivity contribution is 5.99. The molecule has 0 aliphatic rings. The molecule has 0 saturated carbocycles. The van der Waals surface area contributed by atoms with Crippen molar-refractivity contribution in [3.8, 4) is 0 Å². The van der Waals surface area contributed by atoms with Crippen molar-refractivity contribution in [1.29, 1.82) is 0 Å². The lowest BCUT2D eigenvalue weighted by Crippen LogP contribution is -2.51. The Morgan fingerprint density at radius 2 is 1.69 bits per heavy atom. The number of benzene rings is 2. The summed E-state index contributed by atoms with van der Waals surface area (Å²) in [5, 5.41) is 11.2. The van der Waals surface area contributed by atoms with Crippen LogP contribution in [0.25, 0.3) is 11.0 Å². The first-order chi connectivity index (χ1) is 20.0. The maximum atomic E-state index is 13.2. The second-order valence-electron chi connectivity index (χ2n) is 9.68. The number of anilines is 1. The van der Waals surface area contributed by atoms with E-state index in [2.05, 4.69) is 26.3 Å². The summed E-state index contributed by atoms with van der Waals surface area (Å²) in [7, 11) is 0. The summed E-state index contributed by atoms with van der Waals surface area (Å²) < 4.78 is 5.25. The minimum atomic E-state index is -1.00. The number of hydrogen-bond donors (Lipinski definition) is 6.